The molecule has 3 aromatic heterocycles. The summed E-state index contributed by atoms with van der Waals surface area (Å²) in [6.07, 6.45) is 0.769. The van der Waals surface area contributed by atoms with Crippen molar-refractivity contribution in [3.05, 3.63) is 40.4 Å². The zero-order valence-electron chi connectivity index (χ0n) is 23.5. The Kier molecular flexibility index (Phi) is 7.39. The van der Waals surface area contributed by atoms with E-state index >= 15 is 0 Å². The third-order valence-electron chi connectivity index (χ3n) is 7.85. The van der Waals surface area contributed by atoms with Crippen molar-refractivity contribution in [1.82, 2.24) is 29.4 Å². The molecule has 13 heteroatoms. The summed E-state index contributed by atoms with van der Waals surface area (Å²) in [6.45, 7) is 6.42. The van der Waals surface area contributed by atoms with Gasteiger partial charge in [-0.05, 0) is 26.8 Å². The largest absolute Gasteiger partial charge is 0.345 e. The van der Waals surface area contributed by atoms with Gasteiger partial charge in [0.2, 0.25) is 16.0 Å². The number of aromatic nitrogens is 4. The first-order valence-corrected chi connectivity index (χ1v) is 15.4. The highest BCUT2D eigenvalue weighted by Crippen LogP contribution is 2.38. The van der Waals surface area contributed by atoms with Crippen molar-refractivity contribution in [1.29, 1.82) is 5.26 Å². The van der Waals surface area contributed by atoms with Crippen LogP contribution in [0, 0.1) is 18.3 Å². The molecule has 10 nitrogen and oxygen atoms in total. The number of likely N-dealkylation sites (tertiary alicyclic amines) is 1. The van der Waals surface area contributed by atoms with Gasteiger partial charge in [0, 0.05) is 31.7 Å². The normalized spacial score (nSPS) is 17.4. The number of thiazole rings is 1. The Labute approximate surface area is 246 Å². The van der Waals surface area contributed by atoms with E-state index in [9.17, 15) is 14.4 Å². The molecule has 4 aromatic rings. The van der Waals surface area contributed by atoms with Crippen LogP contribution in [0.2, 0.25) is 0 Å². The summed E-state index contributed by atoms with van der Waals surface area (Å²) >= 11 is 2.91. The van der Waals surface area contributed by atoms with Crippen molar-refractivity contribution >= 4 is 49.6 Å². The van der Waals surface area contributed by atoms with Crippen LogP contribution in [0.15, 0.2) is 24.3 Å². The maximum absolute atomic E-state index is 13.2. The second-order valence-corrected chi connectivity index (χ2v) is 12.6. The first kappa shape index (κ1) is 27.6. The van der Waals surface area contributed by atoms with Gasteiger partial charge >= 0.3 is 0 Å². The van der Waals surface area contributed by atoms with Crippen LogP contribution in [-0.2, 0) is 11.2 Å². The number of hydrogen-bond donors (Lipinski definition) is 0. The third kappa shape index (κ3) is 5.16. The quantitative estimate of drug-likeness (QED) is 0.301. The summed E-state index contributed by atoms with van der Waals surface area (Å²) in [5, 5.41) is 16.4. The molecular weight excluding hydrogens is 562 g/mol. The van der Waals surface area contributed by atoms with Crippen molar-refractivity contribution in [2.45, 2.75) is 38.9 Å². The van der Waals surface area contributed by atoms with E-state index in [4.69, 9.17) is 15.1 Å². The molecule has 1 atom stereocenters. The van der Waals surface area contributed by atoms with Gasteiger partial charge in [0.25, 0.3) is 0 Å². The van der Waals surface area contributed by atoms with Gasteiger partial charge in [0.1, 0.15) is 22.8 Å². The molecule has 41 heavy (non-hydrogen) atoms. The molecule has 1 aromatic carbocycles. The zero-order valence-corrected chi connectivity index (χ0v) is 25.2. The smallest absolute Gasteiger partial charge is 0.236 e. The number of fused-ring (bicyclic) bond motifs is 1. The number of nitrogens with zero attached hydrogens (tertiary/aromatic N) is 9. The Balaban J connectivity index is 1.22. The highest BCUT2D eigenvalue weighted by Gasteiger charge is 2.34. The monoisotopic (exact) mass is 593 g/mol. The van der Waals surface area contributed by atoms with Gasteiger partial charge in [0.15, 0.2) is 10.9 Å². The predicted molar refractivity (Wildman–Crippen MR) is 160 cm³/mol. The van der Waals surface area contributed by atoms with Crippen LogP contribution in [0.25, 0.3) is 16.2 Å². The topological polar surface area (TPSA) is 96.9 Å². The van der Waals surface area contributed by atoms with Gasteiger partial charge in [-0.3, -0.25) is 9.69 Å². The third-order valence-corrected chi connectivity index (χ3v) is 9.86. The second-order valence-electron chi connectivity index (χ2n) is 10.7. The van der Waals surface area contributed by atoms with E-state index < -0.39 is 6.17 Å². The number of likely N-dealkylation sites (N-methyl/N-ethyl adjacent to an activating group) is 1. The lowest BCUT2D eigenvalue weighted by Crippen LogP contribution is -2.54. The standard InChI is InChI=1S/C28H32FN9OS2/c1-5-21-25(35(4)26-32-24(22(12-30)40-26)18-8-6-17(2)7-9-18)38-27(31-21)41-28(33-38)36-11-10-20(15-36)34(3)16-23(39)37-13-19(29)14-37/h6-9,19-20H,5,10-11,13-16H2,1-4H3. The number of halogens is 1. The fourth-order valence-electron chi connectivity index (χ4n) is 5.34. The number of aryl methyl sites for hydroxylation is 2. The number of rotatable bonds is 8. The molecule has 2 fully saturated rings. The lowest BCUT2D eigenvalue weighted by molar-refractivity contribution is -0.139. The van der Waals surface area contributed by atoms with Gasteiger partial charge in [-0.15, -0.1) is 5.10 Å². The minimum atomic E-state index is -0.883. The maximum Gasteiger partial charge on any atom is 0.236 e. The number of carbonyl (C=O) groups is 1. The van der Waals surface area contributed by atoms with E-state index in [0.717, 1.165) is 58.7 Å². The van der Waals surface area contributed by atoms with Crippen LogP contribution in [0.3, 0.4) is 0 Å². The molecule has 5 heterocycles. The summed E-state index contributed by atoms with van der Waals surface area (Å²) in [7, 11) is 3.91. The number of alkyl halides is 1. The minimum Gasteiger partial charge on any atom is -0.345 e. The van der Waals surface area contributed by atoms with Gasteiger partial charge in [-0.1, -0.05) is 59.4 Å². The number of nitriles is 1. The number of hydrogen-bond acceptors (Lipinski definition) is 10. The molecule has 1 unspecified atom stereocenters. The van der Waals surface area contributed by atoms with E-state index in [1.807, 2.05) is 54.7 Å². The molecule has 2 aliphatic rings. The van der Waals surface area contributed by atoms with Crippen LogP contribution in [0.1, 0.15) is 29.5 Å². The maximum atomic E-state index is 13.2. The number of benzene rings is 1. The van der Waals surface area contributed by atoms with Crippen molar-refractivity contribution in [3.63, 3.8) is 0 Å². The summed E-state index contributed by atoms with van der Waals surface area (Å²) in [4.78, 5) is 31.5. The average Bonchev–Trinajstić information content (AvgIpc) is 3.73. The van der Waals surface area contributed by atoms with Crippen molar-refractivity contribution in [2.24, 2.45) is 0 Å². The number of anilines is 3. The summed E-state index contributed by atoms with van der Waals surface area (Å²) in [5.74, 6) is 0.831. The van der Waals surface area contributed by atoms with Crippen molar-refractivity contribution in [2.75, 3.05) is 56.6 Å². The summed E-state index contributed by atoms with van der Waals surface area (Å²) < 4.78 is 15.0. The zero-order chi connectivity index (χ0) is 28.8. The summed E-state index contributed by atoms with van der Waals surface area (Å²) in [6, 6.07) is 10.6. The van der Waals surface area contributed by atoms with Gasteiger partial charge in [-0.2, -0.15) is 9.78 Å². The number of carbonyl (C=O) groups excluding carboxylic acids is 1. The molecule has 0 aliphatic carbocycles. The van der Waals surface area contributed by atoms with Crippen LogP contribution in [0.5, 0.6) is 0 Å². The van der Waals surface area contributed by atoms with Gasteiger partial charge in [0.05, 0.1) is 25.3 Å². The molecule has 2 saturated heterocycles. The predicted octanol–water partition coefficient (Wildman–Crippen LogP) is 4.12. The van der Waals surface area contributed by atoms with Crippen LogP contribution < -0.4 is 9.80 Å². The molecule has 0 N–H and O–H groups in total. The highest BCUT2D eigenvalue weighted by atomic mass is 32.1. The van der Waals surface area contributed by atoms with Crippen LogP contribution in [-0.4, -0.2) is 94.3 Å². The molecule has 2 aliphatic heterocycles. The molecular formula is C28H32FN9OS2. The fraction of sp³-hybridized carbons (Fsp3) is 0.464. The van der Waals surface area contributed by atoms with Gasteiger partial charge in [-0.25, -0.2) is 14.4 Å². The Morgan fingerprint density at radius 2 is 1.93 bits per heavy atom. The number of amides is 1. The lowest BCUT2D eigenvalue weighted by atomic mass is 10.1. The highest BCUT2D eigenvalue weighted by molar-refractivity contribution is 7.20. The van der Waals surface area contributed by atoms with E-state index in [2.05, 4.69) is 22.8 Å². The molecule has 214 valence electrons. The molecule has 1 amide bonds. The molecule has 6 rings (SSSR count). The first-order chi connectivity index (χ1) is 19.7. The van der Waals surface area contributed by atoms with E-state index in [0.29, 0.717) is 22.2 Å². The Morgan fingerprint density at radius 1 is 1.17 bits per heavy atom. The van der Waals surface area contributed by atoms with E-state index in [1.54, 1.807) is 16.2 Å². The molecule has 0 radical (unpaired) electrons. The molecule has 0 saturated carbocycles. The molecule has 0 spiro atoms. The Hall–Kier alpha value is -3.60. The van der Waals surface area contributed by atoms with E-state index in [-0.39, 0.29) is 25.0 Å². The van der Waals surface area contributed by atoms with E-state index in [1.165, 1.54) is 11.3 Å². The number of imidazole rings is 1. The van der Waals surface area contributed by atoms with Crippen LogP contribution >= 0.6 is 22.7 Å². The minimum absolute atomic E-state index is 0.0142. The average molecular weight is 594 g/mol. The SMILES string of the molecule is CCc1nc2sc(N3CCC(N(C)CC(=O)N4CC(F)C4)C3)nn2c1N(C)c1nc(-c2ccc(C)cc2)c(C#N)s1. The van der Waals surface area contributed by atoms with Crippen molar-refractivity contribution in [3.8, 4) is 17.3 Å². The Bertz CT molecular complexity index is 1620. The fourth-order valence-corrected chi connectivity index (χ4v) is 7.14. The Morgan fingerprint density at radius 3 is 2.61 bits per heavy atom. The van der Waals surface area contributed by atoms with Crippen molar-refractivity contribution < 1.29 is 9.18 Å². The lowest BCUT2D eigenvalue weighted by Gasteiger charge is -2.36. The second kappa shape index (κ2) is 11.0. The summed E-state index contributed by atoms with van der Waals surface area (Å²) in [5.41, 5.74) is 3.67. The van der Waals surface area contributed by atoms with Gasteiger partial charge < -0.3 is 14.7 Å². The molecule has 0 bridgehead atoms. The first-order valence-electron chi connectivity index (χ1n) is 13.7. The van der Waals surface area contributed by atoms with Crippen LogP contribution in [0.4, 0.5) is 20.5 Å².